The lowest BCUT2D eigenvalue weighted by Crippen LogP contribution is -2.26. The van der Waals surface area contributed by atoms with Gasteiger partial charge in [-0.3, -0.25) is 19.6 Å². The molecule has 0 radical (unpaired) electrons. The van der Waals surface area contributed by atoms with Crippen molar-refractivity contribution >= 4 is 11.6 Å². The number of hydrogen-bond donors (Lipinski definition) is 0. The lowest BCUT2D eigenvalue weighted by molar-refractivity contribution is -0.385. The second-order valence-electron chi connectivity index (χ2n) is 6.45. The number of nitro groups is 1. The maximum Gasteiger partial charge on any atom is 0.273 e. The van der Waals surface area contributed by atoms with Crippen LogP contribution in [0.25, 0.3) is 0 Å². The SMILES string of the molecule is Cc1ccc(C(=O)N(C)Cc2cnn(Cc3ccccc3)c2)cc1[N+](=O)[O-]. The summed E-state index contributed by atoms with van der Waals surface area (Å²) in [6.07, 6.45) is 3.62. The van der Waals surface area contributed by atoms with Crippen LogP contribution in [0, 0.1) is 17.0 Å². The Hall–Kier alpha value is -3.48. The van der Waals surface area contributed by atoms with Gasteiger partial charge in [-0.05, 0) is 18.6 Å². The molecule has 3 aromatic rings. The van der Waals surface area contributed by atoms with Crippen LogP contribution in [0.4, 0.5) is 5.69 Å². The highest BCUT2D eigenvalue weighted by molar-refractivity contribution is 5.94. The van der Waals surface area contributed by atoms with Crippen LogP contribution >= 0.6 is 0 Å². The Morgan fingerprint density at radius 3 is 2.63 bits per heavy atom. The third-order valence-electron chi connectivity index (χ3n) is 4.29. The van der Waals surface area contributed by atoms with Crippen LogP contribution in [0.15, 0.2) is 60.9 Å². The molecule has 0 N–H and O–H groups in total. The molecule has 1 aromatic heterocycles. The molecule has 0 spiro atoms. The van der Waals surface area contributed by atoms with Gasteiger partial charge in [0.2, 0.25) is 0 Å². The standard InChI is InChI=1S/C20H20N4O3/c1-15-8-9-18(10-19(15)24(26)27)20(25)22(2)12-17-11-21-23(14-17)13-16-6-4-3-5-7-16/h3-11,14H,12-13H2,1-2H3. The van der Waals surface area contributed by atoms with Gasteiger partial charge < -0.3 is 4.90 Å². The Morgan fingerprint density at radius 2 is 1.93 bits per heavy atom. The number of benzene rings is 2. The fourth-order valence-electron chi connectivity index (χ4n) is 2.85. The van der Waals surface area contributed by atoms with Gasteiger partial charge in [-0.2, -0.15) is 5.10 Å². The van der Waals surface area contributed by atoms with Crippen LogP contribution in [-0.2, 0) is 13.1 Å². The monoisotopic (exact) mass is 364 g/mol. The zero-order chi connectivity index (χ0) is 19.4. The van der Waals surface area contributed by atoms with Crippen molar-refractivity contribution in [3.05, 3.63) is 93.3 Å². The largest absolute Gasteiger partial charge is 0.337 e. The fraction of sp³-hybridized carbons (Fsp3) is 0.200. The highest BCUT2D eigenvalue weighted by Crippen LogP contribution is 2.20. The predicted molar refractivity (Wildman–Crippen MR) is 101 cm³/mol. The molecule has 0 bridgehead atoms. The minimum absolute atomic E-state index is 0.0510. The Morgan fingerprint density at radius 1 is 1.19 bits per heavy atom. The molecule has 1 heterocycles. The molecule has 138 valence electrons. The summed E-state index contributed by atoms with van der Waals surface area (Å²) < 4.78 is 1.82. The molecule has 7 heteroatoms. The molecular formula is C20H20N4O3. The van der Waals surface area contributed by atoms with E-state index in [-0.39, 0.29) is 11.6 Å². The molecule has 0 fully saturated rings. The maximum absolute atomic E-state index is 12.6. The molecule has 3 rings (SSSR count). The Bertz CT molecular complexity index is 966. The quantitative estimate of drug-likeness (QED) is 0.496. The van der Waals surface area contributed by atoms with E-state index in [9.17, 15) is 14.9 Å². The molecule has 2 aromatic carbocycles. The average Bonchev–Trinajstić information content (AvgIpc) is 3.08. The molecule has 1 amide bonds. The first-order chi connectivity index (χ1) is 12.9. The summed E-state index contributed by atoms with van der Waals surface area (Å²) in [5.41, 5.74) is 2.81. The van der Waals surface area contributed by atoms with Crippen LogP contribution in [0.3, 0.4) is 0 Å². The van der Waals surface area contributed by atoms with Crippen LogP contribution in [0.1, 0.15) is 27.0 Å². The first-order valence-electron chi connectivity index (χ1n) is 8.50. The smallest absolute Gasteiger partial charge is 0.273 e. The summed E-state index contributed by atoms with van der Waals surface area (Å²) in [4.78, 5) is 24.7. The minimum Gasteiger partial charge on any atom is -0.337 e. The van der Waals surface area contributed by atoms with Crippen molar-refractivity contribution in [2.75, 3.05) is 7.05 Å². The highest BCUT2D eigenvalue weighted by atomic mass is 16.6. The molecule has 7 nitrogen and oxygen atoms in total. The van der Waals surface area contributed by atoms with E-state index in [0.29, 0.717) is 24.2 Å². The van der Waals surface area contributed by atoms with Crippen LogP contribution in [-0.4, -0.2) is 32.6 Å². The number of rotatable bonds is 6. The van der Waals surface area contributed by atoms with E-state index in [1.807, 2.05) is 41.2 Å². The second kappa shape index (κ2) is 7.82. The number of hydrogen-bond acceptors (Lipinski definition) is 4. The van der Waals surface area contributed by atoms with Gasteiger partial charge in [0, 0.05) is 42.5 Å². The summed E-state index contributed by atoms with van der Waals surface area (Å²) in [5, 5.41) is 15.4. The van der Waals surface area contributed by atoms with Gasteiger partial charge in [-0.15, -0.1) is 0 Å². The zero-order valence-corrected chi connectivity index (χ0v) is 15.2. The molecule has 27 heavy (non-hydrogen) atoms. The van der Waals surface area contributed by atoms with E-state index in [0.717, 1.165) is 11.1 Å². The van der Waals surface area contributed by atoms with Crippen LogP contribution in [0.5, 0.6) is 0 Å². The van der Waals surface area contributed by atoms with E-state index in [2.05, 4.69) is 5.10 Å². The van der Waals surface area contributed by atoms with Crippen molar-refractivity contribution < 1.29 is 9.72 Å². The Kier molecular flexibility index (Phi) is 5.30. The molecule has 0 unspecified atom stereocenters. The minimum atomic E-state index is -0.472. The summed E-state index contributed by atoms with van der Waals surface area (Å²) in [6.45, 7) is 2.68. The number of nitrogens with zero attached hydrogens (tertiary/aromatic N) is 4. The molecule has 0 aliphatic heterocycles. The number of carbonyl (C=O) groups excluding carboxylic acids is 1. The summed E-state index contributed by atoms with van der Waals surface area (Å²) in [6, 6.07) is 14.5. The molecular weight excluding hydrogens is 344 g/mol. The fourth-order valence-corrected chi connectivity index (χ4v) is 2.85. The summed E-state index contributed by atoms with van der Waals surface area (Å²) >= 11 is 0. The first kappa shape index (κ1) is 18.3. The van der Waals surface area contributed by atoms with Gasteiger partial charge in [-0.1, -0.05) is 36.4 Å². The van der Waals surface area contributed by atoms with Gasteiger partial charge in [-0.25, -0.2) is 0 Å². The molecule has 0 atom stereocenters. The lowest BCUT2D eigenvalue weighted by Gasteiger charge is -2.16. The van der Waals surface area contributed by atoms with Gasteiger partial charge in [0.15, 0.2) is 0 Å². The Balaban J connectivity index is 1.68. The van der Waals surface area contributed by atoms with Crippen molar-refractivity contribution in [2.24, 2.45) is 0 Å². The zero-order valence-electron chi connectivity index (χ0n) is 15.2. The van der Waals surface area contributed by atoms with Crippen LogP contribution < -0.4 is 0 Å². The van der Waals surface area contributed by atoms with E-state index in [1.54, 1.807) is 32.3 Å². The highest BCUT2D eigenvalue weighted by Gasteiger charge is 2.18. The maximum atomic E-state index is 12.6. The van der Waals surface area contributed by atoms with Gasteiger partial charge in [0.05, 0.1) is 17.7 Å². The van der Waals surface area contributed by atoms with Crippen LogP contribution in [0.2, 0.25) is 0 Å². The normalized spacial score (nSPS) is 10.6. The number of carbonyl (C=O) groups is 1. The van der Waals surface area contributed by atoms with Gasteiger partial charge in [0.1, 0.15) is 0 Å². The van der Waals surface area contributed by atoms with Crippen molar-refractivity contribution in [2.45, 2.75) is 20.0 Å². The topological polar surface area (TPSA) is 81.3 Å². The number of amides is 1. The average molecular weight is 364 g/mol. The third kappa shape index (κ3) is 4.38. The van der Waals surface area contributed by atoms with Gasteiger partial charge in [0.25, 0.3) is 11.6 Å². The Labute approximate surface area is 157 Å². The summed E-state index contributed by atoms with van der Waals surface area (Å²) in [7, 11) is 1.67. The molecule has 0 saturated carbocycles. The first-order valence-corrected chi connectivity index (χ1v) is 8.50. The van der Waals surface area contributed by atoms with Crippen molar-refractivity contribution in [1.29, 1.82) is 0 Å². The van der Waals surface area contributed by atoms with Crippen molar-refractivity contribution in [3.63, 3.8) is 0 Å². The van der Waals surface area contributed by atoms with E-state index in [1.165, 1.54) is 11.0 Å². The van der Waals surface area contributed by atoms with E-state index < -0.39 is 4.92 Å². The third-order valence-corrected chi connectivity index (χ3v) is 4.29. The summed E-state index contributed by atoms with van der Waals surface area (Å²) in [5.74, 6) is -0.270. The van der Waals surface area contributed by atoms with E-state index in [4.69, 9.17) is 0 Å². The molecule has 0 aliphatic rings. The number of aromatic nitrogens is 2. The number of nitro benzene ring substituents is 1. The number of aryl methyl sites for hydroxylation is 1. The lowest BCUT2D eigenvalue weighted by atomic mass is 10.1. The molecule has 0 saturated heterocycles. The van der Waals surface area contributed by atoms with Gasteiger partial charge >= 0.3 is 0 Å². The van der Waals surface area contributed by atoms with E-state index >= 15 is 0 Å². The second-order valence-corrected chi connectivity index (χ2v) is 6.45. The molecule has 0 aliphatic carbocycles. The predicted octanol–water partition coefficient (Wildman–Crippen LogP) is 3.42. The van der Waals surface area contributed by atoms with Crippen molar-refractivity contribution in [1.82, 2.24) is 14.7 Å². The van der Waals surface area contributed by atoms with Crippen molar-refractivity contribution in [3.8, 4) is 0 Å².